The zero-order valence-electron chi connectivity index (χ0n) is 20.4. The first-order chi connectivity index (χ1) is 14.0. The summed E-state index contributed by atoms with van der Waals surface area (Å²) >= 11 is 0. The van der Waals surface area contributed by atoms with Crippen molar-refractivity contribution in [3.05, 3.63) is 83.1 Å². The lowest BCUT2D eigenvalue weighted by molar-refractivity contribution is -0.107. The summed E-state index contributed by atoms with van der Waals surface area (Å²) in [4.78, 5) is 10.9. The van der Waals surface area contributed by atoms with Crippen molar-refractivity contribution in [3.8, 4) is 0 Å². The summed E-state index contributed by atoms with van der Waals surface area (Å²) in [6, 6.07) is 8.73. The molecule has 1 aromatic rings. The molecule has 0 aliphatic carbocycles. The molecule has 0 atom stereocenters. The van der Waals surface area contributed by atoms with Crippen LogP contribution in [-0.2, 0) is 16.8 Å². The van der Waals surface area contributed by atoms with Crippen molar-refractivity contribution in [2.75, 3.05) is 0 Å². The zero-order chi connectivity index (χ0) is 23.2. The summed E-state index contributed by atoms with van der Waals surface area (Å²) < 4.78 is 0. The zero-order valence-corrected chi connectivity index (χ0v) is 20.4. The minimum Gasteiger partial charge on any atom is -0.387 e. The van der Waals surface area contributed by atoms with Crippen molar-refractivity contribution < 1.29 is 4.79 Å². The molecule has 0 aliphatic rings. The Labute approximate surface area is 185 Å². The van der Waals surface area contributed by atoms with Crippen LogP contribution in [0.1, 0.15) is 85.3 Å². The van der Waals surface area contributed by atoms with Gasteiger partial charge in [0.25, 0.3) is 0 Å². The average Bonchev–Trinajstić information content (AvgIpc) is 2.64. The SMILES string of the molecule is C/C=C(CCC)\C(=C/NCc1ccc(C(C)(C)C)cc1)CC=O.C=C(C)CC(=C)C. The van der Waals surface area contributed by atoms with Crippen LogP contribution in [0.4, 0.5) is 0 Å². The highest BCUT2D eigenvalue weighted by Gasteiger charge is 2.12. The molecular formula is C28H43NO. The number of carbonyl (C=O) groups is 1. The number of allylic oxidation sites excluding steroid dienone is 5. The molecule has 2 nitrogen and oxygen atoms in total. The van der Waals surface area contributed by atoms with Crippen LogP contribution in [0.15, 0.2) is 72.0 Å². The Morgan fingerprint density at radius 3 is 1.97 bits per heavy atom. The van der Waals surface area contributed by atoms with E-state index in [0.717, 1.165) is 37.7 Å². The van der Waals surface area contributed by atoms with Crippen molar-refractivity contribution in [2.45, 2.75) is 86.1 Å². The number of nitrogens with one attached hydrogen (secondary N) is 1. The number of aldehydes is 1. The third-order valence-electron chi connectivity index (χ3n) is 4.59. The van der Waals surface area contributed by atoms with Gasteiger partial charge in [0, 0.05) is 19.2 Å². The molecule has 2 heteroatoms. The van der Waals surface area contributed by atoms with Crippen molar-refractivity contribution in [3.63, 3.8) is 0 Å². The van der Waals surface area contributed by atoms with Gasteiger partial charge >= 0.3 is 0 Å². The van der Waals surface area contributed by atoms with E-state index in [1.807, 2.05) is 27.0 Å². The van der Waals surface area contributed by atoms with Crippen LogP contribution >= 0.6 is 0 Å². The smallest absolute Gasteiger partial charge is 0.124 e. The lowest BCUT2D eigenvalue weighted by atomic mass is 9.87. The predicted octanol–water partition coefficient (Wildman–Crippen LogP) is 7.82. The van der Waals surface area contributed by atoms with Gasteiger partial charge in [-0.2, -0.15) is 0 Å². The van der Waals surface area contributed by atoms with Crippen LogP contribution in [0.3, 0.4) is 0 Å². The van der Waals surface area contributed by atoms with Gasteiger partial charge in [0.2, 0.25) is 0 Å². The second-order valence-electron chi connectivity index (χ2n) is 9.02. The fraction of sp³-hybridized carbons (Fsp3) is 0.464. The van der Waals surface area contributed by atoms with Gasteiger partial charge in [0.05, 0.1) is 0 Å². The van der Waals surface area contributed by atoms with E-state index in [-0.39, 0.29) is 5.41 Å². The van der Waals surface area contributed by atoms with E-state index in [2.05, 4.69) is 76.5 Å². The second-order valence-corrected chi connectivity index (χ2v) is 9.02. The molecule has 0 radical (unpaired) electrons. The molecule has 0 fully saturated rings. The van der Waals surface area contributed by atoms with Gasteiger partial charge in [-0.3, -0.25) is 0 Å². The van der Waals surface area contributed by atoms with Gasteiger partial charge in [-0.25, -0.2) is 0 Å². The molecule has 1 aromatic carbocycles. The third-order valence-corrected chi connectivity index (χ3v) is 4.59. The maximum absolute atomic E-state index is 10.9. The first-order valence-electron chi connectivity index (χ1n) is 10.9. The minimum absolute atomic E-state index is 0.184. The van der Waals surface area contributed by atoms with E-state index in [4.69, 9.17) is 0 Å². The fourth-order valence-corrected chi connectivity index (χ4v) is 3.06. The number of hydrogen-bond acceptors (Lipinski definition) is 2. The van der Waals surface area contributed by atoms with E-state index < -0.39 is 0 Å². The Hall–Kier alpha value is -2.35. The number of hydrogen-bond donors (Lipinski definition) is 1. The van der Waals surface area contributed by atoms with Crippen LogP contribution in [0.25, 0.3) is 0 Å². The normalized spacial score (nSPS) is 12.0. The summed E-state index contributed by atoms with van der Waals surface area (Å²) in [5.74, 6) is 0. The topological polar surface area (TPSA) is 29.1 Å². The Morgan fingerprint density at radius 2 is 1.60 bits per heavy atom. The third kappa shape index (κ3) is 12.3. The van der Waals surface area contributed by atoms with Crippen molar-refractivity contribution in [2.24, 2.45) is 0 Å². The highest BCUT2D eigenvalue weighted by atomic mass is 16.1. The van der Waals surface area contributed by atoms with Gasteiger partial charge in [-0.1, -0.05) is 88.8 Å². The largest absolute Gasteiger partial charge is 0.387 e. The maximum atomic E-state index is 10.9. The molecular weight excluding hydrogens is 366 g/mol. The van der Waals surface area contributed by atoms with Crippen molar-refractivity contribution in [1.82, 2.24) is 5.32 Å². The molecule has 0 spiro atoms. The lowest BCUT2D eigenvalue weighted by Crippen LogP contribution is -2.12. The summed E-state index contributed by atoms with van der Waals surface area (Å²) in [5.41, 5.74) is 7.50. The Balaban J connectivity index is 0.00000103. The van der Waals surface area contributed by atoms with Crippen molar-refractivity contribution >= 4 is 6.29 Å². The summed E-state index contributed by atoms with van der Waals surface area (Å²) in [6.45, 7) is 23.1. The first kappa shape index (κ1) is 27.7. The van der Waals surface area contributed by atoms with E-state index in [1.165, 1.54) is 27.8 Å². The predicted molar refractivity (Wildman–Crippen MR) is 134 cm³/mol. The van der Waals surface area contributed by atoms with Crippen LogP contribution in [0.2, 0.25) is 0 Å². The molecule has 1 N–H and O–H groups in total. The molecule has 0 saturated carbocycles. The van der Waals surface area contributed by atoms with Crippen LogP contribution in [0.5, 0.6) is 0 Å². The van der Waals surface area contributed by atoms with Gasteiger partial charge in [0.15, 0.2) is 0 Å². The number of benzene rings is 1. The Morgan fingerprint density at radius 1 is 1.03 bits per heavy atom. The lowest BCUT2D eigenvalue weighted by Gasteiger charge is -2.19. The van der Waals surface area contributed by atoms with Crippen molar-refractivity contribution in [1.29, 1.82) is 0 Å². The summed E-state index contributed by atoms with van der Waals surface area (Å²) in [7, 11) is 0. The van der Waals surface area contributed by atoms with Crippen LogP contribution < -0.4 is 5.32 Å². The van der Waals surface area contributed by atoms with Gasteiger partial charge in [0.1, 0.15) is 6.29 Å². The molecule has 0 saturated heterocycles. The van der Waals surface area contributed by atoms with Gasteiger partial charge < -0.3 is 10.1 Å². The maximum Gasteiger partial charge on any atom is 0.124 e. The van der Waals surface area contributed by atoms with E-state index in [0.29, 0.717) is 6.42 Å². The molecule has 1 rings (SSSR count). The van der Waals surface area contributed by atoms with E-state index in [1.54, 1.807) is 0 Å². The molecule has 0 aliphatic heterocycles. The minimum atomic E-state index is 0.184. The Bertz CT molecular complexity index is 715. The molecule has 30 heavy (non-hydrogen) atoms. The standard InChI is InChI=1S/C21H31NO.C7H12/c1-6-8-18(7-2)19(13-14-23)16-22-15-17-9-11-20(12-10-17)21(3,4)5;1-6(2)5-7(3)4/h7,9-12,14,16,22H,6,8,13,15H2,1-5H3;1,3,5H2,2,4H3/b18-7-,19-16-;. The van der Waals surface area contributed by atoms with Gasteiger partial charge in [-0.15, -0.1) is 0 Å². The second kappa shape index (κ2) is 14.6. The monoisotopic (exact) mass is 409 g/mol. The molecule has 166 valence electrons. The number of rotatable bonds is 10. The fourth-order valence-electron chi connectivity index (χ4n) is 3.06. The molecule has 0 unspecified atom stereocenters. The van der Waals surface area contributed by atoms with E-state index in [9.17, 15) is 4.79 Å². The average molecular weight is 410 g/mol. The van der Waals surface area contributed by atoms with Gasteiger partial charge in [-0.05, 0) is 61.3 Å². The summed E-state index contributed by atoms with van der Waals surface area (Å²) in [6.07, 6.45) is 8.62. The molecule has 0 bridgehead atoms. The van der Waals surface area contributed by atoms with Crippen LogP contribution in [-0.4, -0.2) is 6.29 Å². The highest BCUT2D eigenvalue weighted by molar-refractivity contribution is 5.57. The Kier molecular flexibility index (Phi) is 13.5. The molecule has 0 aromatic heterocycles. The quantitative estimate of drug-likeness (QED) is 0.242. The first-order valence-corrected chi connectivity index (χ1v) is 10.9. The summed E-state index contributed by atoms with van der Waals surface area (Å²) in [5, 5.41) is 3.36. The highest BCUT2D eigenvalue weighted by Crippen LogP contribution is 2.22. The molecule has 0 amide bonds. The van der Waals surface area contributed by atoms with Crippen LogP contribution in [0, 0.1) is 0 Å². The number of carbonyl (C=O) groups excluding carboxylic acids is 1. The molecule has 0 heterocycles. The van der Waals surface area contributed by atoms with E-state index >= 15 is 0 Å².